The third-order valence-corrected chi connectivity index (χ3v) is 3.90. The molecule has 0 aliphatic heterocycles. The Balaban J connectivity index is 1.99. The largest absolute Gasteiger partial charge is 0.459 e. The van der Waals surface area contributed by atoms with Gasteiger partial charge in [-0.15, -0.1) is 6.58 Å². The molecule has 2 rings (SSSR count). The number of hydrogen-bond acceptors (Lipinski definition) is 3. The minimum atomic E-state index is -0.301. The van der Waals surface area contributed by atoms with Crippen molar-refractivity contribution in [2.45, 2.75) is 38.1 Å². The molecule has 1 saturated carbocycles. The van der Waals surface area contributed by atoms with Crippen LogP contribution in [0, 0.1) is 0 Å². The number of carbonyl (C=O) groups is 1. The number of rotatable bonds is 4. The van der Waals surface area contributed by atoms with Crippen LogP contribution in [0.15, 0.2) is 35.5 Å². The fourth-order valence-electron chi connectivity index (χ4n) is 2.57. The lowest BCUT2D eigenvalue weighted by Gasteiger charge is -2.35. The van der Waals surface area contributed by atoms with Crippen molar-refractivity contribution in [1.82, 2.24) is 10.2 Å². The van der Waals surface area contributed by atoms with E-state index in [-0.39, 0.29) is 11.7 Å². The van der Waals surface area contributed by atoms with E-state index in [1.165, 1.54) is 25.5 Å². The predicted molar refractivity (Wildman–Crippen MR) is 82.5 cm³/mol. The fourth-order valence-corrected chi connectivity index (χ4v) is 2.88. The molecule has 1 fully saturated rings. The SMILES string of the molecule is C=CCN(C(=S)NC(=O)c1ccco1)C1CCCCC1. The van der Waals surface area contributed by atoms with Crippen molar-refractivity contribution in [1.29, 1.82) is 0 Å². The normalized spacial score (nSPS) is 15.6. The molecule has 0 aromatic carbocycles. The molecule has 0 radical (unpaired) electrons. The van der Waals surface area contributed by atoms with Gasteiger partial charge in [0.2, 0.25) is 0 Å². The molecule has 0 saturated heterocycles. The number of thiocarbonyl (C=S) groups is 1. The summed E-state index contributed by atoms with van der Waals surface area (Å²) in [5.74, 6) is -0.0283. The maximum Gasteiger partial charge on any atom is 0.293 e. The molecular weight excluding hydrogens is 272 g/mol. The van der Waals surface area contributed by atoms with E-state index in [1.807, 2.05) is 6.08 Å². The maximum absolute atomic E-state index is 12.0. The lowest BCUT2D eigenvalue weighted by atomic mass is 9.94. The van der Waals surface area contributed by atoms with E-state index in [1.54, 1.807) is 12.1 Å². The van der Waals surface area contributed by atoms with Crippen LogP contribution in [0.3, 0.4) is 0 Å². The van der Waals surface area contributed by atoms with Gasteiger partial charge in [0.1, 0.15) is 0 Å². The third kappa shape index (κ3) is 3.70. The standard InChI is InChI=1S/C15H20N2O2S/c1-2-10-17(12-7-4-3-5-8-12)15(20)16-14(18)13-9-6-11-19-13/h2,6,9,11-12H,1,3-5,7-8,10H2,(H,16,18,20). The molecule has 4 nitrogen and oxygen atoms in total. The highest BCUT2D eigenvalue weighted by Crippen LogP contribution is 2.22. The smallest absolute Gasteiger partial charge is 0.293 e. The highest BCUT2D eigenvalue weighted by molar-refractivity contribution is 7.80. The molecule has 20 heavy (non-hydrogen) atoms. The van der Waals surface area contributed by atoms with E-state index in [9.17, 15) is 4.79 Å². The van der Waals surface area contributed by atoms with Gasteiger partial charge in [0, 0.05) is 12.6 Å². The molecule has 1 N–H and O–H groups in total. The summed E-state index contributed by atoms with van der Waals surface area (Å²) in [7, 11) is 0. The van der Waals surface area contributed by atoms with E-state index < -0.39 is 0 Å². The first-order chi connectivity index (χ1) is 9.72. The second-order valence-electron chi connectivity index (χ2n) is 4.97. The Bertz CT molecular complexity index is 464. The number of hydrogen-bond donors (Lipinski definition) is 1. The van der Waals surface area contributed by atoms with Crippen LogP contribution in [0.5, 0.6) is 0 Å². The van der Waals surface area contributed by atoms with Crippen molar-refractivity contribution in [2.75, 3.05) is 6.54 Å². The maximum atomic E-state index is 12.0. The van der Waals surface area contributed by atoms with Crippen molar-refractivity contribution in [3.05, 3.63) is 36.8 Å². The van der Waals surface area contributed by atoms with Gasteiger partial charge < -0.3 is 9.32 Å². The highest BCUT2D eigenvalue weighted by Gasteiger charge is 2.23. The Kier molecular flexibility index (Phi) is 5.35. The summed E-state index contributed by atoms with van der Waals surface area (Å²) in [5, 5.41) is 3.20. The van der Waals surface area contributed by atoms with Crippen LogP contribution in [0.4, 0.5) is 0 Å². The first-order valence-electron chi connectivity index (χ1n) is 6.98. The molecule has 1 aliphatic carbocycles. The summed E-state index contributed by atoms with van der Waals surface area (Å²) in [4.78, 5) is 14.0. The van der Waals surface area contributed by atoms with Crippen LogP contribution in [-0.2, 0) is 0 Å². The monoisotopic (exact) mass is 292 g/mol. The van der Waals surface area contributed by atoms with Gasteiger partial charge in [0.25, 0.3) is 5.91 Å². The second kappa shape index (κ2) is 7.24. The zero-order valence-electron chi connectivity index (χ0n) is 11.5. The molecule has 1 aliphatic rings. The van der Waals surface area contributed by atoms with Crippen LogP contribution in [0.1, 0.15) is 42.7 Å². The van der Waals surface area contributed by atoms with Crippen molar-refractivity contribution < 1.29 is 9.21 Å². The van der Waals surface area contributed by atoms with Gasteiger partial charge in [-0.05, 0) is 37.2 Å². The van der Waals surface area contributed by atoms with E-state index in [4.69, 9.17) is 16.6 Å². The number of nitrogens with one attached hydrogen (secondary N) is 1. The molecule has 0 spiro atoms. The minimum Gasteiger partial charge on any atom is -0.459 e. The topological polar surface area (TPSA) is 45.5 Å². The molecule has 1 heterocycles. The molecular formula is C15H20N2O2S. The summed E-state index contributed by atoms with van der Waals surface area (Å²) in [6, 6.07) is 3.70. The van der Waals surface area contributed by atoms with E-state index >= 15 is 0 Å². The quantitative estimate of drug-likeness (QED) is 0.684. The lowest BCUT2D eigenvalue weighted by Crippen LogP contribution is -2.48. The van der Waals surface area contributed by atoms with Gasteiger partial charge in [0.15, 0.2) is 10.9 Å². The van der Waals surface area contributed by atoms with Gasteiger partial charge in [-0.2, -0.15) is 0 Å². The molecule has 5 heteroatoms. The average Bonchev–Trinajstić information content (AvgIpc) is 2.99. The van der Waals surface area contributed by atoms with Gasteiger partial charge in [-0.25, -0.2) is 0 Å². The van der Waals surface area contributed by atoms with Gasteiger partial charge in [-0.1, -0.05) is 25.3 Å². The molecule has 0 bridgehead atoms. The number of amides is 1. The van der Waals surface area contributed by atoms with Crippen LogP contribution >= 0.6 is 12.2 Å². The van der Waals surface area contributed by atoms with E-state index in [0.29, 0.717) is 17.7 Å². The fraction of sp³-hybridized carbons (Fsp3) is 0.467. The van der Waals surface area contributed by atoms with Gasteiger partial charge in [-0.3, -0.25) is 10.1 Å². The van der Waals surface area contributed by atoms with E-state index in [0.717, 1.165) is 12.8 Å². The zero-order chi connectivity index (χ0) is 14.4. The summed E-state index contributed by atoms with van der Waals surface area (Å²) in [6.45, 7) is 4.43. The highest BCUT2D eigenvalue weighted by atomic mass is 32.1. The summed E-state index contributed by atoms with van der Waals surface area (Å²) < 4.78 is 5.07. The van der Waals surface area contributed by atoms with Crippen molar-refractivity contribution >= 4 is 23.2 Å². The third-order valence-electron chi connectivity index (χ3n) is 3.57. The van der Waals surface area contributed by atoms with Gasteiger partial charge >= 0.3 is 0 Å². The molecule has 0 unspecified atom stereocenters. The lowest BCUT2D eigenvalue weighted by molar-refractivity contribution is 0.0944. The average molecular weight is 292 g/mol. The minimum absolute atomic E-state index is 0.273. The number of furan rings is 1. The molecule has 1 aromatic rings. The predicted octanol–water partition coefficient (Wildman–Crippen LogP) is 3.12. The van der Waals surface area contributed by atoms with Crippen molar-refractivity contribution in [3.63, 3.8) is 0 Å². The molecule has 108 valence electrons. The van der Waals surface area contributed by atoms with Crippen LogP contribution < -0.4 is 5.32 Å². The Morgan fingerprint density at radius 1 is 1.50 bits per heavy atom. The van der Waals surface area contributed by atoms with E-state index in [2.05, 4.69) is 16.8 Å². The summed E-state index contributed by atoms with van der Waals surface area (Å²) in [6.07, 6.45) is 9.24. The van der Waals surface area contributed by atoms with Gasteiger partial charge in [0.05, 0.1) is 6.26 Å². The molecule has 0 atom stereocenters. The molecule has 1 amide bonds. The Labute approximate surface area is 124 Å². The second-order valence-corrected chi connectivity index (χ2v) is 5.36. The van der Waals surface area contributed by atoms with Crippen molar-refractivity contribution in [2.24, 2.45) is 0 Å². The first-order valence-corrected chi connectivity index (χ1v) is 7.39. The van der Waals surface area contributed by atoms with Crippen LogP contribution in [0.2, 0.25) is 0 Å². The Hall–Kier alpha value is -1.62. The Morgan fingerprint density at radius 2 is 2.25 bits per heavy atom. The van der Waals surface area contributed by atoms with Crippen LogP contribution in [0.25, 0.3) is 0 Å². The zero-order valence-corrected chi connectivity index (χ0v) is 12.3. The summed E-state index contributed by atoms with van der Waals surface area (Å²) in [5.41, 5.74) is 0. The molecule has 1 aromatic heterocycles. The summed E-state index contributed by atoms with van der Waals surface area (Å²) >= 11 is 5.38. The Morgan fingerprint density at radius 3 is 2.85 bits per heavy atom. The first kappa shape index (κ1) is 14.8. The number of carbonyl (C=O) groups excluding carboxylic acids is 1. The van der Waals surface area contributed by atoms with Crippen molar-refractivity contribution in [3.8, 4) is 0 Å². The van der Waals surface area contributed by atoms with Crippen LogP contribution in [-0.4, -0.2) is 28.5 Å². The number of nitrogens with zero attached hydrogens (tertiary/aromatic N) is 1.